The molecule has 1 aliphatic carbocycles. The molecule has 3 aliphatic rings. The van der Waals surface area contributed by atoms with Crippen LogP contribution in [-0.2, 0) is 9.53 Å². The van der Waals surface area contributed by atoms with Gasteiger partial charge in [-0.3, -0.25) is 4.79 Å². The number of ether oxygens (including phenoxy) is 1. The minimum absolute atomic E-state index is 0.0655. The summed E-state index contributed by atoms with van der Waals surface area (Å²) in [6.07, 6.45) is 3.61. The normalized spacial score (nSPS) is 31.9. The van der Waals surface area contributed by atoms with E-state index in [9.17, 15) is 9.59 Å². The van der Waals surface area contributed by atoms with Crippen molar-refractivity contribution in [2.45, 2.75) is 37.8 Å². The summed E-state index contributed by atoms with van der Waals surface area (Å²) in [5.74, 6) is 0.482. The van der Waals surface area contributed by atoms with Crippen LogP contribution in [0.4, 0.5) is 4.79 Å². The van der Waals surface area contributed by atoms with Gasteiger partial charge in [0, 0.05) is 26.4 Å². The van der Waals surface area contributed by atoms with Crippen LogP contribution in [-0.4, -0.2) is 54.1 Å². The van der Waals surface area contributed by atoms with Gasteiger partial charge in [0.25, 0.3) is 0 Å². The van der Waals surface area contributed by atoms with Crippen LogP contribution in [0.25, 0.3) is 0 Å². The average Bonchev–Trinajstić information content (AvgIpc) is 2.92. The summed E-state index contributed by atoms with van der Waals surface area (Å²) in [4.78, 5) is 26.9. The van der Waals surface area contributed by atoms with Crippen molar-refractivity contribution in [3.8, 4) is 0 Å². The summed E-state index contributed by atoms with van der Waals surface area (Å²) in [5, 5.41) is 0. The van der Waals surface area contributed by atoms with E-state index in [0.717, 1.165) is 25.8 Å². The highest BCUT2D eigenvalue weighted by Gasteiger charge is 2.44. The van der Waals surface area contributed by atoms with Crippen molar-refractivity contribution >= 4 is 12.0 Å². The first kappa shape index (κ1) is 10.9. The lowest BCUT2D eigenvalue weighted by atomic mass is 10.2. The first-order valence-electron chi connectivity index (χ1n) is 6.34. The van der Waals surface area contributed by atoms with E-state index in [1.54, 1.807) is 4.90 Å². The number of hydrogen-bond acceptors (Lipinski definition) is 3. The lowest BCUT2D eigenvalue weighted by Crippen LogP contribution is -2.32. The highest BCUT2D eigenvalue weighted by Crippen LogP contribution is 2.33. The SMILES string of the molecule is CN1C[C@@H]2C[C@@H](OC(=O)CC3CC3)CN2C1=O. The van der Waals surface area contributed by atoms with Gasteiger partial charge in [0.15, 0.2) is 0 Å². The Morgan fingerprint density at radius 2 is 2.18 bits per heavy atom. The summed E-state index contributed by atoms with van der Waals surface area (Å²) in [5.41, 5.74) is 0. The first-order valence-corrected chi connectivity index (χ1v) is 6.34. The standard InChI is InChI=1S/C12H18N2O3/c1-13-6-9-5-10(7-14(9)12(13)16)17-11(15)4-8-2-3-8/h8-10H,2-7H2,1H3/t9-,10+/m0/s1. The van der Waals surface area contributed by atoms with Gasteiger partial charge in [-0.1, -0.05) is 0 Å². The van der Waals surface area contributed by atoms with Gasteiger partial charge in [-0.25, -0.2) is 4.79 Å². The van der Waals surface area contributed by atoms with Crippen molar-refractivity contribution in [2.24, 2.45) is 5.92 Å². The molecule has 0 spiro atoms. The third kappa shape index (κ3) is 2.10. The van der Waals surface area contributed by atoms with E-state index in [1.807, 2.05) is 11.9 Å². The third-order valence-corrected chi connectivity index (χ3v) is 3.88. The lowest BCUT2D eigenvalue weighted by Gasteiger charge is -2.16. The molecule has 0 bridgehead atoms. The second-order valence-corrected chi connectivity index (χ2v) is 5.46. The minimum Gasteiger partial charge on any atom is -0.460 e. The lowest BCUT2D eigenvalue weighted by molar-refractivity contribution is -0.148. The van der Waals surface area contributed by atoms with Crippen LogP contribution >= 0.6 is 0 Å². The monoisotopic (exact) mass is 238 g/mol. The van der Waals surface area contributed by atoms with Crippen LogP contribution in [0.2, 0.25) is 0 Å². The number of urea groups is 1. The molecule has 0 aromatic heterocycles. The minimum atomic E-state index is -0.0838. The summed E-state index contributed by atoms with van der Waals surface area (Å²) < 4.78 is 5.43. The zero-order chi connectivity index (χ0) is 12.0. The molecule has 2 atom stereocenters. The van der Waals surface area contributed by atoms with Gasteiger partial charge >= 0.3 is 12.0 Å². The van der Waals surface area contributed by atoms with Crippen LogP contribution in [0.1, 0.15) is 25.7 Å². The van der Waals surface area contributed by atoms with Crippen molar-refractivity contribution in [1.29, 1.82) is 0 Å². The number of rotatable bonds is 3. The molecule has 0 aromatic rings. The maximum absolute atomic E-state index is 11.7. The van der Waals surface area contributed by atoms with Gasteiger partial charge in [-0.05, 0) is 18.8 Å². The molecule has 2 aliphatic heterocycles. The number of likely N-dealkylation sites (N-methyl/N-ethyl adjacent to an activating group) is 1. The van der Waals surface area contributed by atoms with Crippen molar-refractivity contribution in [3.05, 3.63) is 0 Å². The second-order valence-electron chi connectivity index (χ2n) is 5.46. The average molecular weight is 238 g/mol. The Morgan fingerprint density at radius 3 is 2.82 bits per heavy atom. The molecule has 0 aromatic carbocycles. The first-order chi connectivity index (χ1) is 8.13. The molecule has 1 saturated carbocycles. The van der Waals surface area contributed by atoms with Gasteiger partial charge in [-0.2, -0.15) is 0 Å². The molecule has 0 unspecified atom stereocenters. The summed E-state index contributed by atoms with van der Waals surface area (Å²) >= 11 is 0. The number of hydrogen-bond donors (Lipinski definition) is 0. The predicted octanol–water partition coefficient (Wildman–Crippen LogP) is 0.838. The van der Waals surface area contributed by atoms with Gasteiger partial charge in [0.2, 0.25) is 0 Å². The van der Waals surface area contributed by atoms with E-state index < -0.39 is 0 Å². The van der Waals surface area contributed by atoms with E-state index >= 15 is 0 Å². The maximum Gasteiger partial charge on any atom is 0.320 e. The zero-order valence-corrected chi connectivity index (χ0v) is 10.1. The third-order valence-electron chi connectivity index (χ3n) is 3.88. The molecule has 2 amide bonds. The Balaban J connectivity index is 1.51. The topological polar surface area (TPSA) is 49.9 Å². The van der Waals surface area contributed by atoms with Crippen LogP contribution in [0, 0.1) is 5.92 Å². The highest BCUT2D eigenvalue weighted by molar-refractivity contribution is 5.77. The number of nitrogens with zero attached hydrogens (tertiary/aromatic N) is 2. The Bertz CT molecular complexity index is 354. The van der Waals surface area contributed by atoms with E-state index in [4.69, 9.17) is 4.74 Å². The molecular formula is C12H18N2O3. The Hall–Kier alpha value is -1.26. The Morgan fingerprint density at radius 1 is 1.41 bits per heavy atom. The summed E-state index contributed by atoms with van der Waals surface area (Å²) in [6.45, 7) is 1.33. The molecule has 2 heterocycles. The molecule has 0 N–H and O–H groups in total. The smallest absolute Gasteiger partial charge is 0.320 e. The van der Waals surface area contributed by atoms with E-state index in [-0.39, 0.29) is 24.1 Å². The summed E-state index contributed by atoms with van der Waals surface area (Å²) in [7, 11) is 1.81. The molecule has 94 valence electrons. The fourth-order valence-electron chi connectivity index (χ4n) is 2.77. The molecule has 2 saturated heterocycles. The molecule has 5 nitrogen and oxygen atoms in total. The van der Waals surface area contributed by atoms with Gasteiger partial charge in [-0.15, -0.1) is 0 Å². The van der Waals surface area contributed by atoms with Crippen molar-refractivity contribution < 1.29 is 14.3 Å². The largest absolute Gasteiger partial charge is 0.460 e. The maximum atomic E-state index is 11.7. The van der Waals surface area contributed by atoms with Crippen molar-refractivity contribution in [2.75, 3.05) is 20.1 Å². The van der Waals surface area contributed by atoms with Crippen LogP contribution in [0.5, 0.6) is 0 Å². The second kappa shape index (κ2) is 3.89. The molecule has 3 fully saturated rings. The molecule has 0 radical (unpaired) electrons. The van der Waals surface area contributed by atoms with Crippen LogP contribution < -0.4 is 0 Å². The van der Waals surface area contributed by atoms with Gasteiger partial charge in [0.1, 0.15) is 6.10 Å². The van der Waals surface area contributed by atoms with Gasteiger partial charge in [0.05, 0.1) is 12.6 Å². The van der Waals surface area contributed by atoms with Crippen LogP contribution in [0.15, 0.2) is 0 Å². The summed E-state index contributed by atoms with van der Waals surface area (Å²) in [6, 6.07) is 0.307. The number of carbonyl (C=O) groups is 2. The molecule has 3 rings (SSSR count). The molecule has 17 heavy (non-hydrogen) atoms. The number of carbonyl (C=O) groups excluding carboxylic acids is 2. The molecule has 5 heteroatoms. The fraction of sp³-hybridized carbons (Fsp3) is 0.833. The Kier molecular flexibility index (Phi) is 2.49. The number of fused-ring (bicyclic) bond motifs is 1. The fourth-order valence-corrected chi connectivity index (χ4v) is 2.77. The zero-order valence-electron chi connectivity index (χ0n) is 10.1. The quantitative estimate of drug-likeness (QED) is 0.684. The van der Waals surface area contributed by atoms with Crippen LogP contribution in [0.3, 0.4) is 0 Å². The Labute approximate surface area is 101 Å². The number of amides is 2. The number of esters is 1. The van der Waals surface area contributed by atoms with Gasteiger partial charge < -0.3 is 14.5 Å². The predicted molar refractivity (Wildman–Crippen MR) is 60.4 cm³/mol. The van der Waals surface area contributed by atoms with E-state index in [1.165, 1.54) is 0 Å². The van der Waals surface area contributed by atoms with Crippen molar-refractivity contribution in [3.63, 3.8) is 0 Å². The van der Waals surface area contributed by atoms with E-state index in [2.05, 4.69) is 0 Å². The van der Waals surface area contributed by atoms with E-state index in [0.29, 0.717) is 18.9 Å². The molecular weight excluding hydrogens is 220 g/mol. The van der Waals surface area contributed by atoms with Crippen molar-refractivity contribution in [1.82, 2.24) is 9.80 Å². The highest BCUT2D eigenvalue weighted by atomic mass is 16.5.